The lowest BCUT2D eigenvalue weighted by atomic mass is 9.73. The van der Waals surface area contributed by atoms with Crippen molar-refractivity contribution >= 4 is 23.8 Å². The molecule has 0 saturated carbocycles. The Morgan fingerprint density at radius 3 is 2.73 bits per heavy atom. The van der Waals surface area contributed by atoms with Crippen molar-refractivity contribution in [1.82, 2.24) is 14.8 Å². The van der Waals surface area contributed by atoms with Crippen LogP contribution in [-0.4, -0.2) is 21.4 Å². The molecule has 0 amide bonds. The maximum atomic E-state index is 14.7. The molecule has 26 heavy (non-hydrogen) atoms. The van der Waals surface area contributed by atoms with E-state index < -0.39 is 17.2 Å². The van der Waals surface area contributed by atoms with Crippen molar-refractivity contribution in [2.24, 2.45) is 0 Å². The Balaban J connectivity index is 1.86. The minimum absolute atomic E-state index is 0.199. The molecule has 1 aliphatic rings. The van der Waals surface area contributed by atoms with Gasteiger partial charge < -0.3 is 4.74 Å². The van der Waals surface area contributed by atoms with E-state index >= 15 is 0 Å². The number of ether oxygens (including phenoxy) is 1. The van der Waals surface area contributed by atoms with Crippen LogP contribution in [0.25, 0.3) is 0 Å². The van der Waals surface area contributed by atoms with Crippen LogP contribution in [0.1, 0.15) is 17.0 Å². The molecule has 0 spiro atoms. The largest absolute Gasteiger partial charge is 0.367 e. The highest BCUT2D eigenvalue weighted by Gasteiger charge is 2.53. The Morgan fingerprint density at radius 2 is 2.12 bits per heavy atom. The molecule has 134 valence electrons. The number of nitrogens with one attached hydrogen (secondary N) is 1. The average Bonchev–Trinajstić information content (AvgIpc) is 2.99. The minimum atomic E-state index is -1.08. The molecule has 2 heterocycles. The van der Waals surface area contributed by atoms with E-state index in [-0.39, 0.29) is 18.0 Å². The molecule has 2 unspecified atom stereocenters. The maximum Gasteiger partial charge on any atom is 0.215 e. The van der Waals surface area contributed by atoms with Crippen LogP contribution in [0.5, 0.6) is 0 Å². The first-order chi connectivity index (χ1) is 12.5. The topological polar surface area (TPSA) is 42.8 Å². The summed E-state index contributed by atoms with van der Waals surface area (Å²) in [5.41, 5.74) is 0.0230. The molecule has 1 saturated heterocycles. The third-order valence-corrected chi connectivity index (χ3v) is 5.42. The van der Waals surface area contributed by atoms with Gasteiger partial charge in [-0.2, -0.15) is 0 Å². The van der Waals surface area contributed by atoms with Crippen LogP contribution < -0.4 is 0 Å². The number of benzene rings is 2. The van der Waals surface area contributed by atoms with Crippen LogP contribution in [0.4, 0.5) is 8.78 Å². The van der Waals surface area contributed by atoms with Crippen molar-refractivity contribution in [2.45, 2.75) is 18.1 Å². The van der Waals surface area contributed by atoms with E-state index in [1.165, 1.54) is 18.5 Å². The second-order valence-corrected chi connectivity index (χ2v) is 6.93. The standard InChI is InChI=1S/C18H14ClF2N3OS/c19-15-4-2-1-3-12(15)14-8-25-18(14,9-24-17(26)22-10-23-24)13-6-5-11(20)7-16(13)21/h1-7,10,14H,8-9H2,(H,22,23,26). The molecule has 1 N–H and O–H groups in total. The van der Waals surface area contributed by atoms with E-state index in [4.69, 9.17) is 28.6 Å². The van der Waals surface area contributed by atoms with E-state index in [9.17, 15) is 8.78 Å². The fourth-order valence-corrected chi connectivity index (χ4v) is 3.87. The molecular weight excluding hydrogens is 380 g/mol. The summed E-state index contributed by atoms with van der Waals surface area (Å²) in [4.78, 5) is 3.99. The Bertz CT molecular complexity index is 1020. The number of aromatic nitrogens is 3. The van der Waals surface area contributed by atoms with Gasteiger partial charge in [-0.25, -0.2) is 13.8 Å². The van der Waals surface area contributed by atoms with Gasteiger partial charge in [0.05, 0.1) is 13.2 Å². The highest BCUT2D eigenvalue weighted by molar-refractivity contribution is 7.71. The molecule has 1 fully saturated rings. The van der Waals surface area contributed by atoms with Crippen molar-refractivity contribution in [3.63, 3.8) is 0 Å². The lowest BCUT2D eigenvalue weighted by Gasteiger charge is -2.50. The van der Waals surface area contributed by atoms with Gasteiger partial charge in [-0.3, -0.25) is 9.78 Å². The van der Waals surface area contributed by atoms with Crippen LogP contribution in [0.3, 0.4) is 0 Å². The fraction of sp³-hybridized carbons (Fsp3) is 0.222. The first-order valence-electron chi connectivity index (χ1n) is 7.95. The van der Waals surface area contributed by atoms with Crippen LogP contribution >= 0.6 is 23.8 Å². The number of halogens is 3. The van der Waals surface area contributed by atoms with Gasteiger partial charge in [-0.05, 0) is 29.9 Å². The Labute approximate surface area is 158 Å². The fourth-order valence-electron chi connectivity index (χ4n) is 3.43. The summed E-state index contributed by atoms with van der Waals surface area (Å²) in [6.07, 6.45) is 1.46. The molecule has 1 aliphatic heterocycles. The lowest BCUT2D eigenvalue weighted by molar-refractivity contribution is -0.190. The SMILES string of the molecule is Fc1ccc(C2(Cn3[nH]cnc3=S)OCC2c2ccccc2Cl)c(F)c1. The number of aromatic amines is 1. The molecule has 0 bridgehead atoms. The number of hydrogen-bond acceptors (Lipinski definition) is 3. The smallest absolute Gasteiger partial charge is 0.215 e. The van der Waals surface area contributed by atoms with Crippen molar-refractivity contribution in [3.8, 4) is 0 Å². The molecule has 0 aliphatic carbocycles. The van der Waals surface area contributed by atoms with Gasteiger partial charge >= 0.3 is 0 Å². The van der Waals surface area contributed by atoms with E-state index in [2.05, 4.69) is 10.1 Å². The Morgan fingerprint density at radius 1 is 1.31 bits per heavy atom. The normalized spacial score (nSPS) is 22.2. The van der Waals surface area contributed by atoms with Crippen LogP contribution in [-0.2, 0) is 16.9 Å². The van der Waals surface area contributed by atoms with Gasteiger partial charge in [0.25, 0.3) is 0 Å². The van der Waals surface area contributed by atoms with Crippen molar-refractivity contribution in [2.75, 3.05) is 6.61 Å². The predicted octanol–water partition coefficient (Wildman–Crippen LogP) is 4.58. The zero-order valence-corrected chi connectivity index (χ0v) is 15.0. The third-order valence-electron chi connectivity index (χ3n) is 4.75. The van der Waals surface area contributed by atoms with Crippen LogP contribution in [0.2, 0.25) is 5.02 Å². The van der Waals surface area contributed by atoms with Gasteiger partial charge in [0.15, 0.2) is 0 Å². The molecule has 3 aromatic rings. The molecule has 4 rings (SSSR count). The lowest BCUT2D eigenvalue weighted by Crippen LogP contribution is -2.52. The quantitative estimate of drug-likeness (QED) is 0.660. The highest BCUT2D eigenvalue weighted by Crippen LogP contribution is 2.51. The zero-order valence-electron chi connectivity index (χ0n) is 13.5. The van der Waals surface area contributed by atoms with E-state index in [0.717, 1.165) is 11.6 Å². The van der Waals surface area contributed by atoms with E-state index in [1.54, 1.807) is 10.7 Å². The summed E-state index contributed by atoms with van der Waals surface area (Å²) in [6.45, 7) is 0.562. The third kappa shape index (κ3) is 2.76. The van der Waals surface area contributed by atoms with Crippen molar-refractivity contribution in [1.29, 1.82) is 0 Å². The zero-order chi connectivity index (χ0) is 18.3. The first kappa shape index (κ1) is 17.3. The summed E-state index contributed by atoms with van der Waals surface area (Å²) in [7, 11) is 0. The minimum Gasteiger partial charge on any atom is -0.367 e. The van der Waals surface area contributed by atoms with Crippen molar-refractivity contribution < 1.29 is 13.5 Å². The molecule has 0 radical (unpaired) electrons. The van der Waals surface area contributed by atoms with Gasteiger partial charge in [-0.15, -0.1) is 0 Å². The molecule has 2 aromatic carbocycles. The summed E-state index contributed by atoms with van der Waals surface area (Å²) in [5.74, 6) is -1.54. The summed E-state index contributed by atoms with van der Waals surface area (Å²) >= 11 is 11.6. The summed E-state index contributed by atoms with van der Waals surface area (Å²) < 4.78 is 36.0. The molecule has 4 nitrogen and oxygen atoms in total. The second kappa shape index (κ2) is 6.57. The monoisotopic (exact) mass is 393 g/mol. The Kier molecular flexibility index (Phi) is 4.38. The first-order valence-corrected chi connectivity index (χ1v) is 8.74. The number of hydrogen-bond donors (Lipinski definition) is 1. The average molecular weight is 394 g/mol. The number of rotatable bonds is 4. The predicted molar refractivity (Wildman–Crippen MR) is 95.6 cm³/mol. The highest BCUT2D eigenvalue weighted by atomic mass is 35.5. The van der Waals surface area contributed by atoms with Gasteiger partial charge in [0, 0.05) is 22.6 Å². The van der Waals surface area contributed by atoms with Crippen molar-refractivity contribution in [3.05, 3.63) is 81.3 Å². The van der Waals surface area contributed by atoms with Gasteiger partial charge in [-0.1, -0.05) is 35.9 Å². The number of nitrogens with zero attached hydrogens (tertiary/aromatic N) is 2. The summed E-state index contributed by atoms with van der Waals surface area (Å²) in [6, 6.07) is 10.9. The van der Waals surface area contributed by atoms with Crippen LogP contribution in [0, 0.1) is 16.4 Å². The maximum absolute atomic E-state index is 14.7. The summed E-state index contributed by atoms with van der Waals surface area (Å²) in [5, 5.41) is 3.48. The van der Waals surface area contributed by atoms with E-state index in [0.29, 0.717) is 16.4 Å². The molecular formula is C18H14ClF2N3OS. The molecule has 8 heteroatoms. The van der Waals surface area contributed by atoms with Crippen LogP contribution in [0.15, 0.2) is 48.8 Å². The van der Waals surface area contributed by atoms with Gasteiger partial charge in [0.1, 0.15) is 23.6 Å². The molecule has 2 atom stereocenters. The van der Waals surface area contributed by atoms with E-state index in [1.807, 2.05) is 18.2 Å². The number of H-pyrrole nitrogens is 1. The Hall–Kier alpha value is -2.09. The second-order valence-electron chi connectivity index (χ2n) is 6.15. The van der Waals surface area contributed by atoms with Gasteiger partial charge in [0.2, 0.25) is 4.77 Å². The molecule has 1 aromatic heterocycles.